The Kier molecular flexibility index (Phi) is 6.51. The number of aromatic nitrogens is 7. The molecule has 0 bridgehead atoms. The molecule has 1 saturated carbocycles. The molecule has 2 N–H and O–H groups in total. The number of hydrogen-bond donors (Lipinski definition) is 2. The second kappa shape index (κ2) is 10.1. The Morgan fingerprint density at radius 2 is 1.88 bits per heavy atom. The third kappa shape index (κ3) is 4.70. The van der Waals surface area contributed by atoms with E-state index in [9.17, 15) is 14.0 Å². The number of urea groups is 1. The highest BCUT2D eigenvalue weighted by atomic mass is 19.1. The van der Waals surface area contributed by atoms with Crippen LogP contribution >= 0.6 is 0 Å². The Labute approximate surface area is 236 Å². The summed E-state index contributed by atoms with van der Waals surface area (Å²) in [6.07, 6.45) is 6.30. The molecule has 6 rings (SSSR count). The van der Waals surface area contributed by atoms with Crippen molar-refractivity contribution in [1.82, 2.24) is 44.7 Å². The highest BCUT2D eigenvalue weighted by molar-refractivity contribution is 6.07. The van der Waals surface area contributed by atoms with Crippen LogP contribution in [-0.4, -0.2) is 69.3 Å². The summed E-state index contributed by atoms with van der Waals surface area (Å²) in [4.78, 5) is 44.1. The van der Waals surface area contributed by atoms with Crippen molar-refractivity contribution in [3.05, 3.63) is 71.4 Å². The monoisotopic (exact) mass is 558 g/mol. The van der Waals surface area contributed by atoms with Crippen LogP contribution in [0.2, 0.25) is 0 Å². The number of pyridine rings is 1. The first-order valence-electron chi connectivity index (χ1n) is 13.6. The molecule has 4 aromatic heterocycles. The van der Waals surface area contributed by atoms with E-state index in [1.807, 2.05) is 32.9 Å². The van der Waals surface area contributed by atoms with Crippen molar-refractivity contribution >= 4 is 23.6 Å². The zero-order valence-electron chi connectivity index (χ0n) is 23.3. The third-order valence-corrected chi connectivity index (χ3v) is 8.19. The van der Waals surface area contributed by atoms with Crippen molar-refractivity contribution in [3.63, 3.8) is 0 Å². The van der Waals surface area contributed by atoms with E-state index in [0.717, 1.165) is 23.4 Å². The SMILES string of the molecule is Cc1cc(Nc2cc(C)[nH]n2)nc(C2CCC3(CC2)C(=O)N(C(C)c2ccc(-n4cc(F)cn4)nc2)C(=O)N3C)n1. The van der Waals surface area contributed by atoms with E-state index in [-0.39, 0.29) is 17.9 Å². The Hall–Kier alpha value is -4.68. The number of nitrogens with zero attached hydrogens (tertiary/aromatic N) is 8. The largest absolute Gasteiger partial charge is 0.327 e. The summed E-state index contributed by atoms with van der Waals surface area (Å²) in [5.74, 6) is 1.91. The molecule has 2 fully saturated rings. The van der Waals surface area contributed by atoms with E-state index < -0.39 is 17.4 Å². The maximum atomic E-state index is 13.9. The summed E-state index contributed by atoms with van der Waals surface area (Å²) in [6.45, 7) is 5.67. The van der Waals surface area contributed by atoms with Gasteiger partial charge in [0.15, 0.2) is 17.5 Å². The maximum Gasteiger partial charge on any atom is 0.327 e. The van der Waals surface area contributed by atoms with Gasteiger partial charge in [0, 0.05) is 42.7 Å². The Balaban J connectivity index is 1.17. The topological polar surface area (TPSA) is 138 Å². The van der Waals surface area contributed by atoms with Gasteiger partial charge in [-0.2, -0.15) is 10.2 Å². The molecule has 12 nitrogen and oxygen atoms in total. The van der Waals surface area contributed by atoms with Gasteiger partial charge < -0.3 is 10.2 Å². The van der Waals surface area contributed by atoms with Crippen LogP contribution in [0.25, 0.3) is 5.82 Å². The van der Waals surface area contributed by atoms with Crippen LogP contribution in [0.3, 0.4) is 0 Å². The summed E-state index contributed by atoms with van der Waals surface area (Å²) in [6, 6.07) is 6.39. The van der Waals surface area contributed by atoms with Crippen molar-refractivity contribution in [1.29, 1.82) is 0 Å². The van der Waals surface area contributed by atoms with Gasteiger partial charge in [-0.3, -0.25) is 14.8 Å². The molecule has 4 aromatic rings. The molecule has 1 aliphatic heterocycles. The second-order valence-electron chi connectivity index (χ2n) is 10.9. The number of H-pyrrole nitrogens is 1. The molecule has 0 radical (unpaired) electrons. The number of hydrogen-bond acceptors (Lipinski definition) is 8. The van der Waals surface area contributed by atoms with Crippen molar-refractivity contribution in [2.45, 2.75) is 64.0 Å². The number of halogens is 1. The molecule has 1 aliphatic carbocycles. The molecular weight excluding hydrogens is 527 g/mol. The van der Waals surface area contributed by atoms with E-state index >= 15 is 0 Å². The van der Waals surface area contributed by atoms with Crippen molar-refractivity contribution in [2.24, 2.45) is 0 Å². The normalized spacial score (nSPS) is 21.6. The standard InChI is InChI=1S/C28H31FN10O2/c1-16-11-22(33-23-12-17(2)35-36-23)34-25(32-16)19-7-9-28(10-8-19)26(40)39(27(41)37(28)4)18(3)20-5-6-24(30-13-20)38-15-21(29)14-31-38/h5-6,11-15,18-19H,7-10H2,1-4H3,(H2,32,33,34,35,36). The predicted molar refractivity (Wildman–Crippen MR) is 147 cm³/mol. The van der Waals surface area contributed by atoms with Crippen molar-refractivity contribution in [2.75, 3.05) is 12.4 Å². The van der Waals surface area contributed by atoms with Crippen molar-refractivity contribution < 1.29 is 14.0 Å². The molecule has 41 heavy (non-hydrogen) atoms. The number of amides is 3. The number of aromatic amines is 1. The number of carbonyl (C=O) groups excluding carboxylic acids is 2. The van der Waals surface area contributed by atoms with Crippen LogP contribution in [0.15, 0.2) is 42.9 Å². The molecule has 212 valence electrons. The van der Waals surface area contributed by atoms with Gasteiger partial charge in [-0.1, -0.05) is 6.07 Å². The Bertz CT molecular complexity index is 1610. The summed E-state index contributed by atoms with van der Waals surface area (Å²) < 4.78 is 14.7. The van der Waals surface area contributed by atoms with Crippen molar-refractivity contribution in [3.8, 4) is 5.82 Å². The minimum Gasteiger partial charge on any atom is -0.323 e. The van der Waals surface area contributed by atoms with Gasteiger partial charge in [0.1, 0.15) is 17.2 Å². The lowest BCUT2D eigenvalue weighted by atomic mass is 9.75. The minimum absolute atomic E-state index is 0.0636. The summed E-state index contributed by atoms with van der Waals surface area (Å²) in [7, 11) is 1.71. The van der Waals surface area contributed by atoms with E-state index in [4.69, 9.17) is 9.97 Å². The van der Waals surface area contributed by atoms with Crippen LogP contribution in [0.1, 0.15) is 67.3 Å². The molecule has 1 atom stereocenters. The van der Waals surface area contributed by atoms with E-state index in [0.29, 0.717) is 48.7 Å². The highest BCUT2D eigenvalue weighted by Crippen LogP contribution is 2.46. The molecule has 13 heteroatoms. The van der Waals surface area contributed by atoms with Gasteiger partial charge >= 0.3 is 6.03 Å². The zero-order chi connectivity index (χ0) is 28.9. The zero-order valence-corrected chi connectivity index (χ0v) is 23.3. The molecule has 0 aromatic carbocycles. The van der Waals surface area contributed by atoms with E-state index in [1.165, 1.54) is 15.8 Å². The van der Waals surface area contributed by atoms with Crippen LogP contribution in [0.4, 0.5) is 20.8 Å². The molecule has 1 unspecified atom stereocenters. The van der Waals surface area contributed by atoms with Crippen LogP contribution < -0.4 is 5.32 Å². The Morgan fingerprint density at radius 1 is 1.10 bits per heavy atom. The average Bonchev–Trinajstić information content (AvgIpc) is 3.63. The van der Waals surface area contributed by atoms with E-state index in [1.54, 1.807) is 30.3 Å². The molecule has 5 heterocycles. The number of carbonyl (C=O) groups is 2. The van der Waals surface area contributed by atoms with Gasteiger partial charge in [-0.05, 0) is 58.1 Å². The molecule has 1 spiro atoms. The first-order valence-corrected chi connectivity index (χ1v) is 13.6. The fourth-order valence-electron chi connectivity index (χ4n) is 5.85. The number of anilines is 2. The van der Waals surface area contributed by atoms with Gasteiger partial charge in [0.05, 0.1) is 18.4 Å². The quantitative estimate of drug-likeness (QED) is 0.334. The molecule has 3 amide bonds. The first-order chi connectivity index (χ1) is 19.6. The third-order valence-electron chi connectivity index (χ3n) is 8.19. The van der Waals surface area contributed by atoms with E-state index in [2.05, 4.69) is 25.6 Å². The van der Waals surface area contributed by atoms with Gasteiger partial charge in [0.2, 0.25) is 0 Å². The first kappa shape index (κ1) is 26.5. The number of likely N-dealkylation sites (N-methyl/N-ethyl adjacent to an activating group) is 1. The summed E-state index contributed by atoms with van der Waals surface area (Å²) in [5, 5.41) is 14.3. The molecular formula is C28H31FN10O2. The number of rotatable bonds is 6. The summed E-state index contributed by atoms with van der Waals surface area (Å²) >= 11 is 0. The van der Waals surface area contributed by atoms with Crippen LogP contribution in [0, 0.1) is 19.7 Å². The Morgan fingerprint density at radius 3 is 2.51 bits per heavy atom. The molecule has 1 saturated heterocycles. The fourth-order valence-corrected chi connectivity index (χ4v) is 5.85. The van der Waals surface area contributed by atoms with Crippen LogP contribution in [-0.2, 0) is 4.79 Å². The van der Waals surface area contributed by atoms with Gasteiger partial charge in [-0.25, -0.2) is 28.8 Å². The lowest BCUT2D eigenvalue weighted by molar-refractivity contribution is -0.136. The van der Waals surface area contributed by atoms with Crippen LogP contribution in [0.5, 0.6) is 0 Å². The second-order valence-corrected chi connectivity index (χ2v) is 10.9. The summed E-state index contributed by atoms with van der Waals surface area (Å²) in [5.41, 5.74) is 1.58. The smallest absolute Gasteiger partial charge is 0.323 e. The van der Waals surface area contributed by atoms with Gasteiger partial charge in [-0.15, -0.1) is 0 Å². The predicted octanol–water partition coefficient (Wildman–Crippen LogP) is 4.33. The average molecular weight is 559 g/mol. The molecule has 2 aliphatic rings. The lowest BCUT2D eigenvalue weighted by Crippen LogP contribution is -2.50. The van der Waals surface area contributed by atoms with Gasteiger partial charge in [0.25, 0.3) is 5.91 Å². The maximum absolute atomic E-state index is 13.9. The minimum atomic E-state index is -0.903. The highest BCUT2D eigenvalue weighted by Gasteiger charge is 2.58. The fraction of sp³-hybridized carbons (Fsp3) is 0.393. The number of aryl methyl sites for hydroxylation is 2. The number of nitrogens with one attached hydrogen (secondary N) is 2. The lowest BCUT2D eigenvalue weighted by Gasteiger charge is -2.38. The number of imide groups is 1.